The molecule has 1 saturated carbocycles. The predicted octanol–water partition coefficient (Wildman–Crippen LogP) is 2.38. The quantitative estimate of drug-likeness (QED) is 0.772. The number of hydrogen-bond donors (Lipinski definition) is 1. The van der Waals surface area contributed by atoms with E-state index >= 15 is 0 Å². The molecule has 2 N–H and O–H groups in total. The molecular weight excluding hydrogens is 184 g/mol. The highest BCUT2D eigenvalue weighted by molar-refractivity contribution is 4.84. The highest BCUT2D eigenvalue weighted by atomic mass is 15.1. The minimum absolute atomic E-state index is 0.496. The van der Waals surface area contributed by atoms with Crippen molar-refractivity contribution in [1.82, 2.24) is 4.90 Å². The molecule has 1 saturated heterocycles. The van der Waals surface area contributed by atoms with E-state index in [4.69, 9.17) is 5.73 Å². The van der Waals surface area contributed by atoms with Gasteiger partial charge in [0.05, 0.1) is 0 Å². The first-order valence-electron chi connectivity index (χ1n) is 6.84. The van der Waals surface area contributed by atoms with Crippen LogP contribution in [0.5, 0.6) is 0 Å². The van der Waals surface area contributed by atoms with Crippen molar-refractivity contribution in [3.63, 3.8) is 0 Å². The Bertz CT molecular complexity index is 169. The van der Waals surface area contributed by atoms with Gasteiger partial charge in [-0.2, -0.15) is 0 Å². The van der Waals surface area contributed by atoms with Gasteiger partial charge < -0.3 is 10.6 Å². The first kappa shape index (κ1) is 11.4. The van der Waals surface area contributed by atoms with Crippen molar-refractivity contribution in [2.75, 3.05) is 19.6 Å². The van der Waals surface area contributed by atoms with E-state index < -0.39 is 0 Å². The van der Waals surface area contributed by atoms with E-state index in [1.807, 2.05) is 0 Å². The van der Waals surface area contributed by atoms with Crippen LogP contribution >= 0.6 is 0 Å². The van der Waals surface area contributed by atoms with E-state index in [1.54, 1.807) is 0 Å². The molecule has 1 unspecified atom stereocenters. The highest BCUT2D eigenvalue weighted by Gasteiger charge is 2.28. The van der Waals surface area contributed by atoms with Crippen molar-refractivity contribution in [2.24, 2.45) is 11.7 Å². The molecule has 15 heavy (non-hydrogen) atoms. The maximum atomic E-state index is 6.14. The van der Waals surface area contributed by atoms with Gasteiger partial charge in [-0.15, -0.1) is 0 Å². The van der Waals surface area contributed by atoms with Gasteiger partial charge >= 0.3 is 0 Å². The Balaban J connectivity index is 1.62. The van der Waals surface area contributed by atoms with Gasteiger partial charge in [-0.1, -0.05) is 19.3 Å². The minimum Gasteiger partial charge on any atom is -0.327 e. The summed E-state index contributed by atoms with van der Waals surface area (Å²) in [6.45, 7) is 3.88. The van der Waals surface area contributed by atoms with E-state index in [-0.39, 0.29) is 0 Å². The molecule has 0 radical (unpaired) electrons. The molecule has 0 amide bonds. The zero-order valence-corrected chi connectivity index (χ0v) is 9.96. The van der Waals surface area contributed by atoms with Crippen molar-refractivity contribution >= 4 is 0 Å². The second kappa shape index (κ2) is 5.86. The van der Waals surface area contributed by atoms with Crippen LogP contribution in [0.4, 0.5) is 0 Å². The molecule has 1 aliphatic carbocycles. The largest absolute Gasteiger partial charge is 0.327 e. The van der Waals surface area contributed by atoms with Crippen LogP contribution in [0, 0.1) is 5.92 Å². The molecule has 2 heteroatoms. The second-order valence-electron chi connectivity index (χ2n) is 5.40. The predicted molar refractivity (Wildman–Crippen MR) is 64.8 cm³/mol. The lowest BCUT2D eigenvalue weighted by atomic mass is 10.1. The smallest absolute Gasteiger partial charge is 0.00793 e. The van der Waals surface area contributed by atoms with Gasteiger partial charge in [0, 0.05) is 6.04 Å². The second-order valence-corrected chi connectivity index (χ2v) is 5.40. The molecule has 0 bridgehead atoms. The molecule has 0 aromatic carbocycles. The minimum atomic E-state index is 0.496. The first-order chi connectivity index (χ1) is 7.36. The summed E-state index contributed by atoms with van der Waals surface area (Å²) in [5, 5.41) is 0. The van der Waals surface area contributed by atoms with E-state index in [0.29, 0.717) is 6.04 Å². The zero-order chi connectivity index (χ0) is 10.5. The van der Waals surface area contributed by atoms with Gasteiger partial charge in [0.15, 0.2) is 0 Å². The van der Waals surface area contributed by atoms with Crippen LogP contribution in [0.25, 0.3) is 0 Å². The van der Waals surface area contributed by atoms with Gasteiger partial charge in [-0.05, 0) is 57.7 Å². The van der Waals surface area contributed by atoms with E-state index in [1.165, 1.54) is 71.0 Å². The molecule has 2 nitrogen and oxygen atoms in total. The van der Waals surface area contributed by atoms with Gasteiger partial charge in [-0.3, -0.25) is 0 Å². The van der Waals surface area contributed by atoms with E-state index in [0.717, 1.165) is 5.92 Å². The summed E-state index contributed by atoms with van der Waals surface area (Å²) in [7, 11) is 0. The molecule has 1 aliphatic heterocycles. The Labute approximate surface area is 94.2 Å². The van der Waals surface area contributed by atoms with Crippen molar-refractivity contribution in [3.05, 3.63) is 0 Å². The summed E-state index contributed by atoms with van der Waals surface area (Å²) in [4.78, 5) is 2.64. The van der Waals surface area contributed by atoms with E-state index in [9.17, 15) is 0 Å². The SMILES string of the molecule is NC(CCN1CCCCCCC1)C1CC1. The van der Waals surface area contributed by atoms with Crippen LogP contribution < -0.4 is 5.73 Å². The van der Waals surface area contributed by atoms with Crippen LogP contribution in [0.15, 0.2) is 0 Å². The Kier molecular flexibility index (Phi) is 4.45. The molecule has 2 fully saturated rings. The zero-order valence-electron chi connectivity index (χ0n) is 9.96. The third kappa shape index (κ3) is 4.12. The number of rotatable bonds is 4. The lowest BCUT2D eigenvalue weighted by molar-refractivity contribution is 0.236. The lowest BCUT2D eigenvalue weighted by Crippen LogP contribution is -2.33. The summed E-state index contributed by atoms with van der Waals surface area (Å²) >= 11 is 0. The molecule has 88 valence electrons. The summed E-state index contributed by atoms with van der Waals surface area (Å²) in [5.74, 6) is 0.875. The summed E-state index contributed by atoms with van der Waals surface area (Å²) in [6.07, 6.45) is 11.1. The average molecular weight is 210 g/mol. The Morgan fingerprint density at radius 1 is 1.00 bits per heavy atom. The fraction of sp³-hybridized carbons (Fsp3) is 1.00. The monoisotopic (exact) mass is 210 g/mol. The Morgan fingerprint density at radius 3 is 2.20 bits per heavy atom. The van der Waals surface area contributed by atoms with Crippen molar-refractivity contribution in [1.29, 1.82) is 0 Å². The van der Waals surface area contributed by atoms with Crippen LogP contribution in [-0.4, -0.2) is 30.6 Å². The highest BCUT2D eigenvalue weighted by Crippen LogP contribution is 2.32. The van der Waals surface area contributed by atoms with Crippen LogP contribution in [0.3, 0.4) is 0 Å². The Hall–Kier alpha value is -0.0800. The van der Waals surface area contributed by atoms with Crippen molar-refractivity contribution in [2.45, 2.75) is 57.4 Å². The molecule has 0 aromatic heterocycles. The number of hydrogen-bond acceptors (Lipinski definition) is 2. The van der Waals surface area contributed by atoms with Crippen molar-refractivity contribution in [3.8, 4) is 0 Å². The molecule has 1 atom stereocenters. The molecule has 2 aliphatic rings. The van der Waals surface area contributed by atoms with Gasteiger partial charge in [-0.25, -0.2) is 0 Å². The molecule has 0 aromatic rings. The normalized spacial score (nSPS) is 27.0. The summed E-state index contributed by atoms with van der Waals surface area (Å²) in [6, 6.07) is 0.496. The van der Waals surface area contributed by atoms with E-state index in [2.05, 4.69) is 4.90 Å². The lowest BCUT2D eigenvalue weighted by Gasteiger charge is -2.25. The van der Waals surface area contributed by atoms with Gasteiger partial charge in [0.1, 0.15) is 0 Å². The maximum Gasteiger partial charge on any atom is 0.00793 e. The average Bonchev–Trinajstić information content (AvgIpc) is 2.98. The fourth-order valence-corrected chi connectivity index (χ4v) is 2.63. The third-order valence-electron chi connectivity index (χ3n) is 3.95. The summed E-state index contributed by atoms with van der Waals surface area (Å²) < 4.78 is 0. The maximum absolute atomic E-state index is 6.14. The third-order valence-corrected chi connectivity index (χ3v) is 3.95. The molecule has 1 heterocycles. The number of nitrogens with zero attached hydrogens (tertiary/aromatic N) is 1. The van der Waals surface area contributed by atoms with Crippen molar-refractivity contribution < 1.29 is 0 Å². The Morgan fingerprint density at radius 2 is 1.60 bits per heavy atom. The summed E-state index contributed by atoms with van der Waals surface area (Å²) in [5.41, 5.74) is 6.14. The molecule has 2 rings (SSSR count). The van der Waals surface area contributed by atoms with Gasteiger partial charge in [0.25, 0.3) is 0 Å². The molecule has 0 spiro atoms. The van der Waals surface area contributed by atoms with Crippen LogP contribution in [-0.2, 0) is 0 Å². The van der Waals surface area contributed by atoms with Gasteiger partial charge in [0.2, 0.25) is 0 Å². The fourth-order valence-electron chi connectivity index (χ4n) is 2.63. The van der Waals surface area contributed by atoms with Crippen LogP contribution in [0.1, 0.15) is 51.4 Å². The topological polar surface area (TPSA) is 29.3 Å². The number of nitrogens with two attached hydrogens (primary N) is 1. The first-order valence-corrected chi connectivity index (χ1v) is 6.84. The van der Waals surface area contributed by atoms with Crippen LogP contribution in [0.2, 0.25) is 0 Å². The standard InChI is InChI=1S/C13H26N2/c14-13(12-6-7-12)8-11-15-9-4-2-1-3-5-10-15/h12-13H,1-11,14H2. The number of likely N-dealkylation sites (tertiary alicyclic amines) is 1. The molecular formula is C13H26N2.